The molecule has 1 aliphatic heterocycles. The summed E-state index contributed by atoms with van der Waals surface area (Å²) in [7, 11) is -0.698. The Morgan fingerprint density at radius 1 is 1.00 bits per heavy atom. The number of ether oxygens (including phenoxy) is 1. The highest BCUT2D eigenvalue weighted by atomic mass is 32.2. The predicted molar refractivity (Wildman–Crippen MR) is 82.2 cm³/mol. The van der Waals surface area contributed by atoms with Crippen LogP contribution in [-0.4, -0.2) is 28.3 Å². The zero-order valence-corrected chi connectivity index (χ0v) is 13.5. The molecule has 0 aromatic carbocycles. The second kappa shape index (κ2) is 5.36. The van der Waals surface area contributed by atoms with Crippen LogP contribution >= 0.6 is 0 Å². The maximum atomic E-state index is 12.3. The molecule has 0 N–H and O–H groups in total. The van der Waals surface area contributed by atoms with Gasteiger partial charge in [-0.05, 0) is 69.1 Å². The molecule has 0 amide bonds. The predicted octanol–water partition coefficient (Wildman–Crippen LogP) is 2.90. The summed E-state index contributed by atoms with van der Waals surface area (Å²) < 4.78 is 17.1. The lowest BCUT2D eigenvalue weighted by molar-refractivity contribution is -0.160. The average Bonchev–Trinajstić information content (AvgIpc) is 2.44. The summed E-state index contributed by atoms with van der Waals surface area (Å²) in [6.07, 6.45) is 9.69. The summed E-state index contributed by atoms with van der Waals surface area (Å²) in [5.41, 5.74) is 0.321. The molecule has 4 saturated carbocycles. The number of hydrogen-bond donors (Lipinski definition) is 0. The Morgan fingerprint density at radius 3 is 2.05 bits per heavy atom. The van der Waals surface area contributed by atoms with Crippen molar-refractivity contribution in [3.63, 3.8) is 0 Å². The highest BCUT2D eigenvalue weighted by molar-refractivity contribution is 7.85. The molecule has 0 aromatic heterocycles. The topological polar surface area (TPSA) is 43.4 Å². The summed E-state index contributed by atoms with van der Waals surface area (Å²) in [6.45, 7) is 0.662. The SMILES string of the molecule is O=C(OCC12CC3CC(CC(C3)C1)C2)C1CCS(=O)CC1. The molecule has 5 rings (SSSR count). The van der Waals surface area contributed by atoms with Crippen molar-refractivity contribution < 1.29 is 13.7 Å². The molecule has 0 atom stereocenters. The molecule has 1 saturated heterocycles. The monoisotopic (exact) mass is 310 g/mol. The second-order valence-corrected chi connectivity index (χ2v) is 9.84. The number of rotatable bonds is 3. The minimum absolute atomic E-state index is 0.0108. The molecule has 4 heteroatoms. The van der Waals surface area contributed by atoms with Gasteiger partial charge < -0.3 is 4.74 Å². The molecule has 5 aliphatic rings. The summed E-state index contributed by atoms with van der Waals surface area (Å²) in [4.78, 5) is 12.3. The molecule has 4 aliphatic carbocycles. The Hall–Kier alpha value is -0.380. The largest absolute Gasteiger partial charge is 0.465 e. The summed E-state index contributed by atoms with van der Waals surface area (Å²) in [6, 6.07) is 0. The fraction of sp³-hybridized carbons (Fsp3) is 0.941. The van der Waals surface area contributed by atoms with Gasteiger partial charge in [0, 0.05) is 27.7 Å². The number of esters is 1. The van der Waals surface area contributed by atoms with Crippen LogP contribution in [0.3, 0.4) is 0 Å². The molecule has 0 unspecified atom stereocenters. The third kappa shape index (κ3) is 2.80. The Bertz CT molecular complexity index is 414. The van der Waals surface area contributed by atoms with Crippen LogP contribution < -0.4 is 0 Å². The molecular weight excluding hydrogens is 284 g/mol. The van der Waals surface area contributed by atoms with E-state index in [9.17, 15) is 9.00 Å². The maximum absolute atomic E-state index is 12.3. The van der Waals surface area contributed by atoms with Gasteiger partial charge in [-0.1, -0.05) is 0 Å². The minimum atomic E-state index is -0.698. The number of hydrogen-bond acceptors (Lipinski definition) is 3. The van der Waals surface area contributed by atoms with Gasteiger partial charge in [0.2, 0.25) is 0 Å². The van der Waals surface area contributed by atoms with Crippen molar-refractivity contribution in [1.29, 1.82) is 0 Å². The van der Waals surface area contributed by atoms with E-state index >= 15 is 0 Å². The Balaban J connectivity index is 1.34. The van der Waals surface area contributed by atoms with Crippen molar-refractivity contribution in [2.45, 2.75) is 51.4 Å². The van der Waals surface area contributed by atoms with Crippen LogP contribution in [0.2, 0.25) is 0 Å². The summed E-state index contributed by atoms with van der Waals surface area (Å²) >= 11 is 0. The van der Waals surface area contributed by atoms with E-state index in [0.29, 0.717) is 23.5 Å². The summed E-state index contributed by atoms with van der Waals surface area (Å²) in [5, 5.41) is 0. The second-order valence-electron chi connectivity index (χ2n) is 8.15. The smallest absolute Gasteiger partial charge is 0.309 e. The third-order valence-electron chi connectivity index (χ3n) is 6.41. The van der Waals surface area contributed by atoms with Gasteiger partial charge in [-0.15, -0.1) is 0 Å². The molecule has 118 valence electrons. The highest BCUT2D eigenvalue weighted by Gasteiger charge is 2.51. The van der Waals surface area contributed by atoms with Crippen LogP contribution in [0.25, 0.3) is 0 Å². The average molecular weight is 310 g/mol. The van der Waals surface area contributed by atoms with E-state index in [2.05, 4.69) is 0 Å². The van der Waals surface area contributed by atoms with Gasteiger partial charge in [-0.3, -0.25) is 9.00 Å². The molecule has 0 aromatic rings. The van der Waals surface area contributed by atoms with Gasteiger partial charge >= 0.3 is 5.97 Å². The minimum Gasteiger partial charge on any atom is -0.465 e. The van der Waals surface area contributed by atoms with Gasteiger partial charge in [0.1, 0.15) is 0 Å². The van der Waals surface area contributed by atoms with Crippen molar-refractivity contribution in [2.24, 2.45) is 29.1 Å². The number of carbonyl (C=O) groups excluding carboxylic acids is 1. The first-order valence-corrected chi connectivity index (χ1v) is 10.1. The molecule has 5 fully saturated rings. The lowest BCUT2D eigenvalue weighted by Crippen LogP contribution is -2.48. The van der Waals surface area contributed by atoms with Crippen LogP contribution in [0.4, 0.5) is 0 Å². The van der Waals surface area contributed by atoms with Gasteiger partial charge in [0.05, 0.1) is 12.5 Å². The maximum Gasteiger partial charge on any atom is 0.309 e. The lowest BCUT2D eigenvalue weighted by Gasteiger charge is -2.56. The molecule has 1 heterocycles. The van der Waals surface area contributed by atoms with Crippen LogP contribution in [0.1, 0.15) is 51.4 Å². The zero-order chi connectivity index (χ0) is 14.4. The lowest BCUT2D eigenvalue weighted by atomic mass is 9.50. The first kappa shape index (κ1) is 14.2. The van der Waals surface area contributed by atoms with Gasteiger partial charge in [0.15, 0.2) is 0 Å². The fourth-order valence-corrected chi connectivity index (χ4v) is 7.14. The standard InChI is InChI=1S/C17H26O3S/c18-16(15-1-3-21(19)4-2-15)20-11-17-8-12-5-13(9-17)7-14(6-12)10-17/h12-15H,1-11H2. The molecular formula is C17H26O3S. The fourth-order valence-electron chi connectivity index (χ4n) is 5.84. The molecule has 0 spiro atoms. The van der Waals surface area contributed by atoms with Crippen molar-refractivity contribution >= 4 is 16.8 Å². The van der Waals surface area contributed by atoms with Crippen molar-refractivity contribution in [3.05, 3.63) is 0 Å². The van der Waals surface area contributed by atoms with E-state index < -0.39 is 10.8 Å². The van der Waals surface area contributed by atoms with Crippen LogP contribution in [0.15, 0.2) is 0 Å². The molecule has 21 heavy (non-hydrogen) atoms. The van der Waals surface area contributed by atoms with Crippen LogP contribution in [0, 0.1) is 29.1 Å². The molecule has 3 nitrogen and oxygen atoms in total. The molecule has 0 radical (unpaired) electrons. The van der Waals surface area contributed by atoms with E-state index in [-0.39, 0.29) is 11.9 Å². The molecule has 4 bridgehead atoms. The normalized spacial score (nSPS) is 48.3. The van der Waals surface area contributed by atoms with Crippen molar-refractivity contribution in [1.82, 2.24) is 0 Å². The van der Waals surface area contributed by atoms with E-state index in [4.69, 9.17) is 4.74 Å². The van der Waals surface area contributed by atoms with Gasteiger partial charge in [-0.2, -0.15) is 0 Å². The van der Waals surface area contributed by atoms with E-state index in [1.807, 2.05) is 0 Å². The Kier molecular flexibility index (Phi) is 3.63. The zero-order valence-electron chi connectivity index (χ0n) is 12.7. The first-order chi connectivity index (χ1) is 10.1. The number of carbonyl (C=O) groups is 1. The highest BCUT2D eigenvalue weighted by Crippen LogP contribution is 2.60. The van der Waals surface area contributed by atoms with Crippen molar-refractivity contribution in [2.75, 3.05) is 18.1 Å². The van der Waals surface area contributed by atoms with E-state index in [0.717, 1.165) is 30.6 Å². The van der Waals surface area contributed by atoms with Crippen LogP contribution in [0.5, 0.6) is 0 Å². The Morgan fingerprint density at radius 2 is 1.52 bits per heavy atom. The van der Waals surface area contributed by atoms with Crippen LogP contribution in [-0.2, 0) is 20.3 Å². The van der Waals surface area contributed by atoms with Crippen molar-refractivity contribution in [3.8, 4) is 0 Å². The first-order valence-electron chi connectivity index (χ1n) is 8.63. The van der Waals surface area contributed by atoms with Gasteiger partial charge in [-0.25, -0.2) is 0 Å². The van der Waals surface area contributed by atoms with E-state index in [1.165, 1.54) is 38.5 Å². The third-order valence-corrected chi connectivity index (χ3v) is 7.79. The van der Waals surface area contributed by atoms with E-state index in [1.54, 1.807) is 0 Å². The Labute approximate surface area is 129 Å². The quantitative estimate of drug-likeness (QED) is 0.753. The summed E-state index contributed by atoms with van der Waals surface area (Å²) in [5.74, 6) is 4.08. The van der Waals surface area contributed by atoms with Gasteiger partial charge in [0.25, 0.3) is 0 Å².